The van der Waals surface area contributed by atoms with E-state index in [2.05, 4.69) is 9.84 Å². The first kappa shape index (κ1) is 8.17. The minimum Gasteiger partial charge on any atom is -0.314 e. The Bertz CT molecular complexity index is 149. The summed E-state index contributed by atoms with van der Waals surface area (Å²) in [7, 11) is -4.25. The molecular weight excluding hydrogens is 157 g/mol. The van der Waals surface area contributed by atoms with Gasteiger partial charge in [0, 0.05) is 6.54 Å². The molecule has 5 nitrogen and oxygen atoms in total. The van der Waals surface area contributed by atoms with Gasteiger partial charge in [0.15, 0.2) is 0 Å². The summed E-state index contributed by atoms with van der Waals surface area (Å²) in [5.41, 5.74) is 0. The second-order valence-electron chi connectivity index (χ2n) is 2.21. The van der Waals surface area contributed by atoms with Gasteiger partial charge in [-0.3, -0.25) is 4.52 Å². The van der Waals surface area contributed by atoms with Crippen LogP contribution >= 0.6 is 7.82 Å². The summed E-state index contributed by atoms with van der Waals surface area (Å²) in [4.78, 5) is 16.7. The summed E-state index contributed by atoms with van der Waals surface area (Å²) in [6, 6.07) is 0. The molecule has 60 valence electrons. The predicted octanol–water partition coefficient (Wildman–Crippen LogP) is -0.542. The molecule has 1 rings (SSSR count). The molecule has 0 aromatic carbocycles. The van der Waals surface area contributed by atoms with Gasteiger partial charge in [0.05, 0.1) is 6.10 Å². The molecule has 0 saturated carbocycles. The van der Waals surface area contributed by atoms with E-state index < -0.39 is 7.82 Å². The van der Waals surface area contributed by atoms with Gasteiger partial charge in [0.1, 0.15) is 0 Å². The van der Waals surface area contributed by atoms with Crippen molar-refractivity contribution in [1.82, 2.24) is 5.32 Å². The largest absolute Gasteiger partial charge is 0.469 e. The summed E-state index contributed by atoms with van der Waals surface area (Å²) in [6.07, 6.45) is 0.353. The van der Waals surface area contributed by atoms with Crippen LogP contribution in [0.15, 0.2) is 0 Å². The number of hydrogen-bond donors (Lipinski definition) is 3. The number of phosphoric acid groups is 1. The van der Waals surface area contributed by atoms with E-state index in [1.807, 2.05) is 0 Å². The second-order valence-corrected chi connectivity index (χ2v) is 3.40. The van der Waals surface area contributed by atoms with Crippen LogP contribution in [0, 0.1) is 0 Å². The lowest BCUT2D eigenvalue weighted by atomic mass is 10.3. The Balaban J connectivity index is 2.31. The van der Waals surface area contributed by atoms with Crippen molar-refractivity contribution in [3.05, 3.63) is 0 Å². The fourth-order valence-electron chi connectivity index (χ4n) is 0.912. The van der Waals surface area contributed by atoms with Crippen LogP contribution in [0.25, 0.3) is 0 Å². The van der Waals surface area contributed by atoms with Crippen LogP contribution in [-0.2, 0) is 9.09 Å². The Hall–Kier alpha value is 0.0700. The molecule has 0 bridgehead atoms. The highest BCUT2D eigenvalue weighted by Crippen LogP contribution is 2.38. The van der Waals surface area contributed by atoms with Crippen LogP contribution in [0.5, 0.6) is 0 Å². The Morgan fingerprint density at radius 3 is 2.70 bits per heavy atom. The molecule has 1 atom stereocenters. The van der Waals surface area contributed by atoms with E-state index in [4.69, 9.17) is 9.79 Å². The third kappa shape index (κ3) is 2.77. The van der Waals surface area contributed by atoms with E-state index in [0.29, 0.717) is 13.0 Å². The lowest BCUT2D eigenvalue weighted by Crippen LogP contribution is -2.15. The normalized spacial score (nSPS) is 27.2. The van der Waals surface area contributed by atoms with E-state index in [0.717, 1.165) is 6.54 Å². The van der Waals surface area contributed by atoms with Gasteiger partial charge in [-0.1, -0.05) is 0 Å². The highest BCUT2D eigenvalue weighted by atomic mass is 31.2. The number of phosphoric ester groups is 1. The summed E-state index contributed by atoms with van der Waals surface area (Å²) in [5.74, 6) is 0. The van der Waals surface area contributed by atoms with Gasteiger partial charge in [0.2, 0.25) is 0 Å². The quantitative estimate of drug-likeness (QED) is 0.481. The molecule has 6 heteroatoms. The van der Waals surface area contributed by atoms with Crippen molar-refractivity contribution < 1.29 is 18.9 Å². The molecule has 0 aliphatic carbocycles. The van der Waals surface area contributed by atoms with Gasteiger partial charge in [-0.2, -0.15) is 0 Å². The lowest BCUT2D eigenvalue weighted by molar-refractivity contribution is 0.145. The van der Waals surface area contributed by atoms with Gasteiger partial charge < -0.3 is 15.1 Å². The van der Waals surface area contributed by atoms with Crippen LogP contribution in [0.4, 0.5) is 0 Å². The Morgan fingerprint density at radius 2 is 2.30 bits per heavy atom. The zero-order chi connectivity index (χ0) is 7.61. The van der Waals surface area contributed by atoms with Crippen molar-refractivity contribution in [2.75, 3.05) is 13.1 Å². The van der Waals surface area contributed by atoms with Crippen LogP contribution in [-0.4, -0.2) is 29.0 Å². The molecule has 10 heavy (non-hydrogen) atoms. The molecule has 0 aromatic heterocycles. The maximum atomic E-state index is 10.2. The molecule has 1 unspecified atom stereocenters. The monoisotopic (exact) mass is 167 g/mol. The average Bonchev–Trinajstić information content (AvgIpc) is 2.12. The maximum Gasteiger partial charge on any atom is 0.469 e. The minimum atomic E-state index is -4.25. The fourth-order valence-corrected chi connectivity index (χ4v) is 1.48. The van der Waals surface area contributed by atoms with E-state index in [-0.39, 0.29) is 6.10 Å². The van der Waals surface area contributed by atoms with Crippen molar-refractivity contribution >= 4 is 7.82 Å². The lowest BCUT2D eigenvalue weighted by Gasteiger charge is -2.09. The van der Waals surface area contributed by atoms with E-state index in [1.54, 1.807) is 0 Å². The van der Waals surface area contributed by atoms with Gasteiger partial charge in [-0.25, -0.2) is 4.57 Å². The molecule has 1 fully saturated rings. The number of nitrogens with one attached hydrogen (secondary N) is 1. The van der Waals surface area contributed by atoms with Crippen LogP contribution < -0.4 is 5.32 Å². The third-order valence-corrected chi connectivity index (χ3v) is 1.87. The SMILES string of the molecule is O=P(O)(O)OC1CCNC1. The molecule has 0 spiro atoms. The zero-order valence-corrected chi connectivity index (χ0v) is 6.25. The van der Waals surface area contributed by atoms with Crippen LogP contribution in [0.2, 0.25) is 0 Å². The van der Waals surface area contributed by atoms with E-state index >= 15 is 0 Å². The van der Waals surface area contributed by atoms with E-state index in [9.17, 15) is 4.57 Å². The molecule has 0 amide bonds. The molecule has 1 saturated heterocycles. The van der Waals surface area contributed by atoms with Crippen molar-refractivity contribution in [2.45, 2.75) is 12.5 Å². The summed E-state index contributed by atoms with van der Waals surface area (Å²) in [6.45, 7) is 1.30. The molecule has 0 radical (unpaired) electrons. The standard InChI is InChI=1S/C4H10NO4P/c6-10(7,8)9-4-1-2-5-3-4/h4-5H,1-3H2,(H2,6,7,8). The van der Waals surface area contributed by atoms with Gasteiger partial charge >= 0.3 is 7.82 Å². The smallest absolute Gasteiger partial charge is 0.314 e. The summed E-state index contributed by atoms with van der Waals surface area (Å²) < 4.78 is 14.6. The van der Waals surface area contributed by atoms with E-state index in [1.165, 1.54) is 0 Å². The highest BCUT2D eigenvalue weighted by Gasteiger charge is 2.24. The molecule has 1 aliphatic rings. The number of rotatable bonds is 2. The number of hydrogen-bond acceptors (Lipinski definition) is 3. The van der Waals surface area contributed by atoms with Gasteiger partial charge in [-0.05, 0) is 13.0 Å². The Morgan fingerprint density at radius 1 is 1.60 bits per heavy atom. The summed E-state index contributed by atoms with van der Waals surface area (Å²) in [5, 5.41) is 2.93. The molecular formula is C4H10NO4P. The van der Waals surface area contributed by atoms with Crippen molar-refractivity contribution in [3.8, 4) is 0 Å². The van der Waals surface area contributed by atoms with Crippen molar-refractivity contribution in [2.24, 2.45) is 0 Å². The minimum absolute atomic E-state index is 0.319. The van der Waals surface area contributed by atoms with Gasteiger partial charge in [0.25, 0.3) is 0 Å². The van der Waals surface area contributed by atoms with Crippen LogP contribution in [0.3, 0.4) is 0 Å². The van der Waals surface area contributed by atoms with Crippen molar-refractivity contribution in [1.29, 1.82) is 0 Å². The topological polar surface area (TPSA) is 78.8 Å². The molecule has 0 aromatic rings. The van der Waals surface area contributed by atoms with Gasteiger partial charge in [-0.15, -0.1) is 0 Å². The average molecular weight is 167 g/mol. The first-order valence-electron chi connectivity index (χ1n) is 3.02. The highest BCUT2D eigenvalue weighted by molar-refractivity contribution is 7.46. The molecule has 1 heterocycles. The first-order chi connectivity index (χ1) is 4.58. The zero-order valence-electron chi connectivity index (χ0n) is 5.36. The van der Waals surface area contributed by atoms with Crippen LogP contribution in [0.1, 0.15) is 6.42 Å². The second kappa shape index (κ2) is 2.98. The first-order valence-corrected chi connectivity index (χ1v) is 4.55. The Kier molecular flexibility index (Phi) is 2.44. The molecule has 1 aliphatic heterocycles. The predicted molar refractivity (Wildman–Crippen MR) is 34.4 cm³/mol. The fraction of sp³-hybridized carbons (Fsp3) is 1.00. The third-order valence-electron chi connectivity index (χ3n) is 1.30. The maximum absolute atomic E-state index is 10.2. The molecule has 3 N–H and O–H groups in total. The Labute approximate surface area is 58.6 Å². The van der Waals surface area contributed by atoms with Crippen molar-refractivity contribution in [3.63, 3.8) is 0 Å². The summed E-state index contributed by atoms with van der Waals surface area (Å²) >= 11 is 0.